The summed E-state index contributed by atoms with van der Waals surface area (Å²) in [5.74, 6) is 2.27. The van der Waals surface area contributed by atoms with Gasteiger partial charge in [0.05, 0.1) is 33.9 Å². The van der Waals surface area contributed by atoms with Gasteiger partial charge in [-0.1, -0.05) is 21.9 Å². The van der Waals surface area contributed by atoms with Crippen molar-refractivity contribution in [1.29, 1.82) is 0 Å². The fourth-order valence-corrected chi connectivity index (χ4v) is 4.26. The number of benzene rings is 1. The van der Waals surface area contributed by atoms with E-state index in [0.717, 1.165) is 28.1 Å². The van der Waals surface area contributed by atoms with E-state index in [4.69, 9.17) is 35.4 Å². The Labute approximate surface area is 208 Å². The first kappa shape index (κ1) is 24.8. The molecule has 1 unspecified atom stereocenters. The van der Waals surface area contributed by atoms with E-state index in [1.807, 2.05) is 34.6 Å². The molecule has 0 saturated heterocycles. The Balaban J connectivity index is 1.88. The molecule has 0 aliphatic carbocycles. The van der Waals surface area contributed by atoms with E-state index in [-0.39, 0.29) is 6.61 Å². The maximum Gasteiger partial charge on any atom is 0.160 e. The Morgan fingerprint density at radius 3 is 2.00 bits per heavy atom. The van der Waals surface area contributed by atoms with Gasteiger partial charge in [0.1, 0.15) is 30.0 Å². The van der Waals surface area contributed by atoms with E-state index in [1.165, 1.54) is 0 Å². The van der Waals surface area contributed by atoms with Gasteiger partial charge in [-0.2, -0.15) is 0 Å². The molecule has 35 heavy (non-hydrogen) atoms. The average molecular weight is 498 g/mol. The van der Waals surface area contributed by atoms with Crippen molar-refractivity contribution in [3.05, 3.63) is 51.7 Å². The zero-order chi connectivity index (χ0) is 25.3. The molecule has 0 amide bonds. The fourth-order valence-electron chi connectivity index (χ4n) is 4.04. The van der Waals surface area contributed by atoms with Crippen LogP contribution in [0.2, 0.25) is 5.02 Å². The van der Waals surface area contributed by atoms with Crippen molar-refractivity contribution in [3.63, 3.8) is 0 Å². The summed E-state index contributed by atoms with van der Waals surface area (Å²) in [6.45, 7) is 9.96. The number of aryl methyl sites for hydroxylation is 4. The van der Waals surface area contributed by atoms with Gasteiger partial charge in [-0.15, -0.1) is 0 Å². The molecule has 0 bridgehead atoms. The standard InChI is InChI=1S/C25H28ClN5O4/c1-12-23(21-13(2)30-34-15(21)4)28-25(29-24(12)22-14(3)31-35-16(22)5)17-7-18(26)9-20(8-17)33-11-19(32)10-27-6/h7-9,19,27,32H,10-11H2,1-6H3. The summed E-state index contributed by atoms with van der Waals surface area (Å²) in [6.07, 6.45) is -0.657. The molecule has 0 spiro atoms. The molecule has 4 rings (SSSR count). The molecule has 3 heterocycles. The number of rotatable bonds is 8. The zero-order valence-electron chi connectivity index (χ0n) is 20.6. The van der Waals surface area contributed by atoms with Crippen LogP contribution in [0, 0.1) is 34.6 Å². The number of likely N-dealkylation sites (N-methyl/N-ethyl adjacent to an activating group) is 1. The third-order valence-electron chi connectivity index (χ3n) is 5.70. The normalized spacial score (nSPS) is 12.2. The summed E-state index contributed by atoms with van der Waals surface area (Å²) in [6, 6.07) is 5.27. The lowest BCUT2D eigenvalue weighted by molar-refractivity contribution is 0.108. The second kappa shape index (κ2) is 10.2. The first-order valence-electron chi connectivity index (χ1n) is 11.2. The molecule has 3 aromatic heterocycles. The van der Waals surface area contributed by atoms with Crippen molar-refractivity contribution < 1.29 is 18.9 Å². The number of nitrogens with zero attached hydrogens (tertiary/aromatic N) is 4. The molecule has 10 heteroatoms. The summed E-state index contributed by atoms with van der Waals surface area (Å²) >= 11 is 6.43. The molecule has 0 aliphatic heterocycles. The topological polar surface area (TPSA) is 119 Å². The highest BCUT2D eigenvalue weighted by molar-refractivity contribution is 6.31. The van der Waals surface area contributed by atoms with Gasteiger partial charge in [0.25, 0.3) is 0 Å². The van der Waals surface area contributed by atoms with Crippen molar-refractivity contribution in [3.8, 4) is 39.7 Å². The minimum absolute atomic E-state index is 0.115. The van der Waals surface area contributed by atoms with Gasteiger partial charge < -0.3 is 24.2 Å². The van der Waals surface area contributed by atoms with Crippen LogP contribution in [0.1, 0.15) is 28.5 Å². The highest BCUT2D eigenvalue weighted by atomic mass is 35.5. The van der Waals surface area contributed by atoms with Crippen LogP contribution < -0.4 is 10.1 Å². The number of nitrogens with one attached hydrogen (secondary N) is 1. The Hall–Kier alpha value is -3.27. The Morgan fingerprint density at radius 2 is 1.51 bits per heavy atom. The zero-order valence-corrected chi connectivity index (χ0v) is 21.3. The number of ether oxygens (including phenoxy) is 1. The monoisotopic (exact) mass is 497 g/mol. The number of halogens is 1. The van der Waals surface area contributed by atoms with Crippen LogP contribution in [0.4, 0.5) is 0 Å². The van der Waals surface area contributed by atoms with Gasteiger partial charge in [-0.25, -0.2) is 9.97 Å². The van der Waals surface area contributed by atoms with Crippen LogP contribution in [-0.2, 0) is 0 Å². The van der Waals surface area contributed by atoms with Crippen LogP contribution in [0.25, 0.3) is 33.9 Å². The average Bonchev–Trinajstić information content (AvgIpc) is 3.32. The SMILES string of the molecule is CNCC(O)COc1cc(Cl)cc(-c2nc(-c3c(C)noc3C)c(C)c(-c3c(C)noc3C)n2)c1. The third-order valence-corrected chi connectivity index (χ3v) is 5.92. The van der Waals surface area contributed by atoms with Gasteiger partial charge in [0.2, 0.25) is 0 Å². The summed E-state index contributed by atoms with van der Waals surface area (Å²) < 4.78 is 16.6. The highest BCUT2D eigenvalue weighted by Gasteiger charge is 2.24. The minimum Gasteiger partial charge on any atom is -0.491 e. The minimum atomic E-state index is -0.657. The Morgan fingerprint density at radius 1 is 0.943 bits per heavy atom. The van der Waals surface area contributed by atoms with E-state index < -0.39 is 6.10 Å². The molecule has 9 nitrogen and oxygen atoms in total. The van der Waals surface area contributed by atoms with E-state index in [0.29, 0.717) is 51.6 Å². The van der Waals surface area contributed by atoms with Crippen molar-refractivity contribution >= 4 is 11.6 Å². The third kappa shape index (κ3) is 5.07. The number of hydrogen-bond acceptors (Lipinski definition) is 9. The Bertz CT molecular complexity index is 1260. The second-order valence-electron chi connectivity index (χ2n) is 8.47. The van der Waals surface area contributed by atoms with Gasteiger partial charge in [0, 0.05) is 22.7 Å². The molecule has 4 aromatic rings. The lowest BCUT2D eigenvalue weighted by atomic mass is 9.99. The second-order valence-corrected chi connectivity index (χ2v) is 8.90. The molecule has 1 aromatic carbocycles. The first-order valence-corrected chi connectivity index (χ1v) is 11.6. The molecule has 184 valence electrons. The van der Waals surface area contributed by atoms with Crippen molar-refractivity contribution in [2.75, 3.05) is 20.2 Å². The van der Waals surface area contributed by atoms with E-state index in [2.05, 4.69) is 15.6 Å². The molecular formula is C25H28ClN5O4. The molecule has 0 fully saturated rings. The molecule has 1 atom stereocenters. The summed E-state index contributed by atoms with van der Waals surface area (Å²) in [4.78, 5) is 9.82. The predicted molar refractivity (Wildman–Crippen MR) is 133 cm³/mol. The maximum absolute atomic E-state index is 10.0. The fraction of sp³-hybridized carbons (Fsp3) is 0.360. The number of aromatic nitrogens is 4. The lowest BCUT2D eigenvalue weighted by Gasteiger charge is -2.15. The van der Waals surface area contributed by atoms with Crippen LogP contribution in [0.15, 0.2) is 27.2 Å². The number of aliphatic hydroxyl groups is 1. The summed E-state index contributed by atoms with van der Waals surface area (Å²) in [5.41, 5.74) is 6.01. The number of aliphatic hydroxyl groups excluding tert-OH is 1. The molecule has 0 saturated carbocycles. The maximum atomic E-state index is 10.0. The quantitative estimate of drug-likeness (QED) is 0.359. The van der Waals surface area contributed by atoms with Gasteiger partial charge in [-0.3, -0.25) is 0 Å². The smallest absolute Gasteiger partial charge is 0.160 e. The van der Waals surface area contributed by atoms with Crippen molar-refractivity contribution in [1.82, 2.24) is 25.6 Å². The first-order chi connectivity index (χ1) is 16.7. The molecular weight excluding hydrogens is 470 g/mol. The predicted octanol–water partition coefficient (Wildman–Crippen LogP) is 4.61. The summed E-state index contributed by atoms with van der Waals surface area (Å²) in [7, 11) is 1.77. The molecule has 2 N–H and O–H groups in total. The largest absolute Gasteiger partial charge is 0.491 e. The highest BCUT2D eigenvalue weighted by Crippen LogP contribution is 2.37. The van der Waals surface area contributed by atoms with E-state index in [1.54, 1.807) is 25.2 Å². The van der Waals surface area contributed by atoms with Gasteiger partial charge >= 0.3 is 0 Å². The number of hydrogen-bond donors (Lipinski definition) is 2. The van der Waals surface area contributed by atoms with Crippen LogP contribution >= 0.6 is 11.6 Å². The van der Waals surface area contributed by atoms with Gasteiger partial charge in [0.15, 0.2) is 5.82 Å². The Kier molecular flexibility index (Phi) is 7.20. The van der Waals surface area contributed by atoms with Crippen LogP contribution in [0.5, 0.6) is 5.75 Å². The van der Waals surface area contributed by atoms with Crippen LogP contribution in [0.3, 0.4) is 0 Å². The van der Waals surface area contributed by atoms with E-state index >= 15 is 0 Å². The lowest BCUT2D eigenvalue weighted by Crippen LogP contribution is -2.29. The van der Waals surface area contributed by atoms with Crippen molar-refractivity contribution in [2.45, 2.75) is 40.7 Å². The van der Waals surface area contributed by atoms with Crippen LogP contribution in [-0.4, -0.2) is 51.7 Å². The molecule has 0 radical (unpaired) electrons. The van der Waals surface area contributed by atoms with Gasteiger partial charge in [-0.05, 0) is 59.9 Å². The van der Waals surface area contributed by atoms with Crippen molar-refractivity contribution in [2.24, 2.45) is 0 Å². The molecule has 0 aliphatic rings. The summed E-state index contributed by atoms with van der Waals surface area (Å²) in [5, 5.41) is 21.6. The van der Waals surface area contributed by atoms with E-state index in [9.17, 15) is 5.11 Å².